The van der Waals surface area contributed by atoms with Crippen molar-refractivity contribution in [2.75, 3.05) is 0 Å². The van der Waals surface area contributed by atoms with Crippen molar-refractivity contribution in [3.05, 3.63) is 59.7 Å². The Morgan fingerprint density at radius 2 is 1.79 bits per heavy atom. The highest BCUT2D eigenvalue weighted by Crippen LogP contribution is 2.31. The van der Waals surface area contributed by atoms with Crippen LogP contribution in [0.4, 0.5) is 0 Å². The van der Waals surface area contributed by atoms with Gasteiger partial charge in [-0.05, 0) is 36.8 Å². The third-order valence-corrected chi connectivity index (χ3v) is 4.09. The lowest BCUT2D eigenvalue weighted by Gasteiger charge is -2.17. The molecule has 0 amide bonds. The van der Waals surface area contributed by atoms with Gasteiger partial charge in [-0.3, -0.25) is 0 Å². The standard InChI is InChI=1S/C14H11NO3S/c1-10-7-8-12-13(9-10)19(16,17)15-14(18-12)11-5-3-2-4-6-11/h2-9H,1H3. The van der Waals surface area contributed by atoms with Crippen molar-refractivity contribution in [1.29, 1.82) is 0 Å². The molecule has 0 spiro atoms. The van der Waals surface area contributed by atoms with Gasteiger partial charge in [0.1, 0.15) is 10.6 Å². The molecule has 0 unspecified atom stereocenters. The van der Waals surface area contributed by atoms with E-state index in [4.69, 9.17) is 4.74 Å². The number of hydrogen-bond acceptors (Lipinski definition) is 3. The highest BCUT2D eigenvalue weighted by molar-refractivity contribution is 7.90. The van der Waals surface area contributed by atoms with Crippen molar-refractivity contribution >= 4 is 15.9 Å². The van der Waals surface area contributed by atoms with Crippen LogP contribution < -0.4 is 4.74 Å². The van der Waals surface area contributed by atoms with Crippen LogP contribution in [0.25, 0.3) is 0 Å². The number of nitrogens with zero attached hydrogens (tertiary/aromatic N) is 1. The molecule has 2 aromatic rings. The fraction of sp³-hybridized carbons (Fsp3) is 0.0714. The highest BCUT2D eigenvalue weighted by atomic mass is 32.2. The van der Waals surface area contributed by atoms with Crippen LogP contribution in [-0.4, -0.2) is 14.3 Å². The quantitative estimate of drug-likeness (QED) is 0.802. The second-order valence-corrected chi connectivity index (χ2v) is 5.86. The number of rotatable bonds is 1. The van der Waals surface area contributed by atoms with Crippen molar-refractivity contribution < 1.29 is 13.2 Å². The predicted octanol–water partition coefficient (Wildman–Crippen LogP) is 2.52. The van der Waals surface area contributed by atoms with Gasteiger partial charge in [-0.15, -0.1) is 4.40 Å². The monoisotopic (exact) mass is 273 g/mol. The van der Waals surface area contributed by atoms with Gasteiger partial charge in [0.15, 0.2) is 0 Å². The van der Waals surface area contributed by atoms with E-state index in [-0.39, 0.29) is 10.8 Å². The summed E-state index contributed by atoms with van der Waals surface area (Å²) in [5.74, 6) is 0.427. The minimum Gasteiger partial charge on any atom is -0.436 e. The Morgan fingerprint density at radius 3 is 2.53 bits per heavy atom. The van der Waals surface area contributed by atoms with E-state index in [0.717, 1.165) is 5.56 Å². The van der Waals surface area contributed by atoms with Gasteiger partial charge in [0.2, 0.25) is 5.90 Å². The molecule has 4 nitrogen and oxygen atoms in total. The second kappa shape index (κ2) is 4.20. The molecular formula is C14H11NO3S. The number of fused-ring (bicyclic) bond motifs is 1. The lowest BCUT2D eigenvalue weighted by atomic mass is 10.2. The molecule has 1 aliphatic rings. The molecule has 0 fully saturated rings. The van der Waals surface area contributed by atoms with Crippen molar-refractivity contribution in [1.82, 2.24) is 0 Å². The maximum Gasteiger partial charge on any atom is 0.289 e. The molecule has 0 bridgehead atoms. The molecule has 0 aromatic heterocycles. The maximum atomic E-state index is 12.1. The molecule has 0 radical (unpaired) electrons. The fourth-order valence-electron chi connectivity index (χ4n) is 1.87. The van der Waals surface area contributed by atoms with Gasteiger partial charge in [0.25, 0.3) is 10.0 Å². The number of sulfonamides is 1. The molecule has 1 heterocycles. The first kappa shape index (κ1) is 11.9. The SMILES string of the molecule is Cc1ccc2c(c1)S(=O)(=O)N=C(c1ccccc1)O2. The lowest BCUT2D eigenvalue weighted by Crippen LogP contribution is -2.19. The average Bonchev–Trinajstić information content (AvgIpc) is 2.40. The number of hydrogen-bond donors (Lipinski definition) is 0. The van der Waals surface area contributed by atoms with Gasteiger partial charge in [-0.1, -0.05) is 24.3 Å². The molecule has 0 aliphatic carbocycles. The molecule has 0 N–H and O–H groups in total. The van der Waals surface area contributed by atoms with E-state index in [1.165, 1.54) is 0 Å². The summed E-state index contributed by atoms with van der Waals surface area (Å²) in [6.07, 6.45) is 0. The van der Waals surface area contributed by atoms with Gasteiger partial charge in [-0.25, -0.2) is 0 Å². The Bertz CT molecular complexity index is 765. The normalized spacial score (nSPS) is 16.2. The lowest BCUT2D eigenvalue weighted by molar-refractivity contribution is 0.518. The third kappa shape index (κ3) is 2.13. The van der Waals surface area contributed by atoms with Crippen LogP contribution in [0.2, 0.25) is 0 Å². The van der Waals surface area contributed by atoms with Gasteiger partial charge in [0.05, 0.1) is 0 Å². The van der Waals surface area contributed by atoms with Crippen molar-refractivity contribution in [2.24, 2.45) is 4.40 Å². The van der Waals surface area contributed by atoms with E-state index >= 15 is 0 Å². The molecule has 2 aromatic carbocycles. The Hall–Kier alpha value is -2.14. The number of aryl methyl sites for hydroxylation is 1. The summed E-state index contributed by atoms with van der Waals surface area (Å²) in [5, 5.41) is 0. The molecule has 96 valence electrons. The zero-order chi connectivity index (χ0) is 13.5. The van der Waals surface area contributed by atoms with Crippen LogP contribution >= 0.6 is 0 Å². The smallest absolute Gasteiger partial charge is 0.289 e. The second-order valence-electron chi connectivity index (χ2n) is 4.29. The molecule has 19 heavy (non-hydrogen) atoms. The fourth-order valence-corrected chi connectivity index (χ4v) is 3.03. The average molecular weight is 273 g/mol. The third-order valence-electron chi connectivity index (χ3n) is 2.81. The Labute approximate surface area is 111 Å². The zero-order valence-corrected chi connectivity index (χ0v) is 11.0. The Morgan fingerprint density at radius 1 is 1.05 bits per heavy atom. The molecule has 0 atom stereocenters. The van der Waals surface area contributed by atoms with Crippen molar-refractivity contribution in [3.63, 3.8) is 0 Å². The van der Waals surface area contributed by atoms with Gasteiger partial charge in [0, 0.05) is 5.56 Å². The van der Waals surface area contributed by atoms with Crippen LogP contribution in [0.15, 0.2) is 57.8 Å². The van der Waals surface area contributed by atoms with Gasteiger partial charge in [-0.2, -0.15) is 8.42 Å². The summed E-state index contributed by atoms with van der Waals surface area (Å²) < 4.78 is 33.6. The van der Waals surface area contributed by atoms with Gasteiger partial charge >= 0.3 is 0 Å². The van der Waals surface area contributed by atoms with E-state index in [1.54, 1.807) is 36.4 Å². The first-order valence-electron chi connectivity index (χ1n) is 5.75. The van der Waals surface area contributed by atoms with Crippen LogP contribution in [0.5, 0.6) is 5.75 Å². The van der Waals surface area contributed by atoms with Crippen molar-refractivity contribution in [3.8, 4) is 5.75 Å². The molecule has 5 heteroatoms. The summed E-state index contributed by atoms with van der Waals surface area (Å²) in [6.45, 7) is 1.83. The van der Waals surface area contributed by atoms with Crippen LogP contribution in [0.1, 0.15) is 11.1 Å². The Kier molecular flexibility index (Phi) is 2.64. The summed E-state index contributed by atoms with van der Waals surface area (Å²) >= 11 is 0. The minimum atomic E-state index is -3.70. The maximum absolute atomic E-state index is 12.1. The number of benzene rings is 2. The van der Waals surface area contributed by atoms with E-state index in [1.807, 2.05) is 19.1 Å². The first-order chi connectivity index (χ1) is 9.06. The van der Waals surface area contributed by atoms with E-state index in [0.29, 0.717) is 11.3 Å². The molecule has 0 saturated carbocycles. The van der Waals surface area contributed by atoms with E-state index < -0.39 is 10.0 Å². The van der Waals surface area contributed by atoms with Crippen LogP contribution in [0, 0.1) is 6.92 Å². The first-order valence-corrected chi connectivity index (χ1v) is 7.19. The molecule has 1 aliphatic heterocycles. The van der Waals surface area contributed by atoms with E-state index in [2.05, 4.69) is 4.40 Å². The minimum absolute atomic E-state index is 0.108. The molecule has 3 rings (SSSR count). The molecular weight excluding hydrogens is 262 g/mol. The van der Waals surface area contributed by atoms with Crippen LogP contribution in [-0.2, 0) is 10.0 Å². The predicted molar refractivity (Wildman–Crippen MR) is 72.0 cm³/mol. The largest absolute Gasteiger partial charge is 0.436 e. The summed E-state index contributed by atoms with van der Waals surface area (Å²) in [7, 11) is -3.70. The zero-order valence-electron chi connectivity index (χ0n) is 10.2. The van der Waals surface area contributed by atoms with Crippen LogP contribution in [0.3, 0.4) is 0 Å². The van der Waals surface area contributed by atoms with Gasteiger partial charge < -0.3 is 4.74 Å². The summed E-state index contributed by atoms with van der Waals surface area (Å²) in [4.78, 5) is 0.118. The van der Waals surface area contributed by atoms with E-state index in [9.17, 15) is 8.42 Å². The summed E-state index contributed by atoms with van der Waals surface area (Å²) in [6, 6.07) is 14.0. The number of ether oxygens (including phenoxy) is 1. The highest BCUT2D eigenvalue weighted by Gasteiger charge is 2.27. The topological polar surface area (TPSA) is 55.7 Å². The van der Waals surface area contributed by atoms with Crippen molar-refractivity contribution in [2.45, 2.75) is 11.8 Å². The molecule has 0 saturated heterocycles. The summed E-state index contributed by atoms with van der Waals surface area (Å²) in [5.41, 5.74) is 1.49. The Balaban J connectivity index is 2.16.